The number of imidazole rings is 1. The van der Waals surface area contributed by atoms with Gasteiger partial charge in [-0.3, -0.25) is 0 Å². The highest BCUT2D eigenvalue weighted by Crippen LogP contribution is 2.20. The lowest BCUT2D eigenvalue weighted by Gasteiger charge is -1.95. The summed E-state index contributed by atoms with van der Waals surface area (Å²) in [6, 6.07) is 10.6. The zero-order valence-electron chi connectivity index (χ0n) is 9.04. The summed E-state index contributed by atoms with van der Waals surface area (Å²) >= 11 is 0. The van der Waals surface area contributed by atoms with E-state index in [1.54, 1.807) is 12.1 Å². The second-order valence-corrected chi connectivity index (χ2v) is 3.87. The number of aromatic nitrogens is 2. The van der Waals surface area contributed by atoms with Gasteiger partial charge in [0.1, 0.15) is 19.2 Å². The van der Waals surface area contributed by atoms with Gasteiger partial charge in [-0.15, -0.1) is 0 Å². The van der Waals surface area contributed by atoms with E-state index in [9.17, 15) is 5.11 Å². The SMILES string of the molecule is [B]c1cccn2cc(-c3ccc(O)cc3)nc12. The maximum absolute atomic E-state index is 9.24. The van der Waals surface area contributed by atoms with Crippen LogP contribution >= 0.6 is 0 Å². The van der Waals surface area contributed by atoms with Gasteiger partial charge >= 0.3 is 0 Å². The van der Waals surface area contributed by atoms with Crippen LogP contribution in [-0.4, -0.2) is 22.3 Å². The smallest absolute Gasteiger partial charge is 0.130 e. The van der Waals surface area contributed by atoms with Crippen LogP contribution < -0.4 is 5.46 Å². The Morgan fingerprint density at radius 3 is 2.59 bits per heavy atom. The first kappa shape index (κ1) is 9.96. The van der Waals surface area contributed by atoms with Gasteiger partial charge in [0, 0.05) is 18.0 Å². The van der Waals surface area contributed by atoms with Crippen LogP contribution in [0.4, 0.5) is 0 Å². The molecule has 1 aromatic carbocycles. The summed E-state index contributed by atoms with van der Waals surface area (Å²) in [5, 5.41) is 9.24. The first-order valence-electron chi connectivity index (χ1n) is 5.26. The first-order chi connectivity index (χ1) is 8.24. The van der Waals surface area contributed by atoms with Crippen LogP contribution in [0.1, 0.15) is 0 Å². The van der Waals surface area contributed by atoms with Crippen LogP contribution in [0.3, 0.4) is 0 Å². The minimum Gasteiger partial charge on any atom is -0.508 e. The van der Waals surface area contributed by atoms with Crippen LogP contribution in [0.25, 0.3) is 16.9 Å². The molecule has 3 nitrogen and oxygen atoms in total. The van der Waals surface area contributed by atoms with Gasteiger partial charge < -0.3 is 9.51 Å². The number of aromatic hydroxyl groups is 1. The molecule has 0 aliphatic carbocycles. The van der Waals surface area contributed by atoms with Gasteiger partial charge in [-0.05, 0) is 30.3 Å². The second kappa shape index (κ2) is 3.66. The Balaban J connectivity index is 2.18. The lowest BCUT2D eigenvalue weighted by Crippen LogP contribution is -2.06. The molecule has 3 aromatic rings. The largest absolute Gasteiger partial charge is 0.508 e. The molecular formula is C13H9BN2O. The van der Waals surface area contributed by atoms with Crippen molar-refractivity contribution in [3.63, 3.8) is 0 Å². The molecule has 0 aliphatic heterocycles. The van der Waals surface area contributed by atoms with E-state index < -0.39 is 0 Å². The summed E-state index contributed by atoms with van der Waals surface area (Å²) in [7, 11) is 5.85. The topological polar surface area (TPSA) is 37.5 Å². The van der Waals surface area contributed by atoms with Crippen molar-refractivity contribution in [2.24, 2.45) is 0 Å². The molecule has 2 aromatic heterocycles. The van der Waals surface area contributed by atoms with Crippen molar-refractivity contribution in [1.82, 2.24) is 9.38 Å². The molecule has 2 radical (unpaired) electrons. The molecule has 0 atom stereocenters. The van der Waals surface area contributed by atoms with E-state index in [0.29, 0.717) is 5.46 Å². The Morgan fingerprint density at radius 1 is 1.12 bits per heavy atom. The minimum absolute atomic E-state index is 0.247. The monoisotopic (exact) mass is 220 g/mol. The van der Waals surface area contributed by atoms with E-state index >= 15 is 0 Å². The van der Waals surface area contributed by atoms with E-state index in [1.165, 1.54) is 0 Å². The molecule has 4 heteroatoms. The summed E-state index contributed by atoms with van der Waals surface area (Å²) < 4.78 is 1.89. The van der Waals surface area contributed by atoms with Gasteiger partial charge in [0.2, 0.25) is 0 Å². The molecule has 0 aliphatic rings. The first-order valence-corrected chi connectivity index (χ1v) is 5.26. The molecule has 0 unspecified atom stereocenters. The van der Waals surface area contributed by atoms with Crippen molar-refractivity contribution in [3.05, 3.63) is 48.8 Å². The summed E-state index contributed by atoms with van der Waals surface area (Å²) in [5.74, 6) is 0.247. The fraction of sp³-hybridized carbons (Fsp3) is 0. The van der Waals surface area contributed by atoms with Gasteiger partial charge in [-0.25, -0.2) is 4.98 Å². The number of nitrogens with zero attached hydrogens (tertiary/aromatic N) is 2. The maximum atomic E-state index is 9.24. The van der Waals surface area contributed by atoms with E-state index in [0.717, 1.165) is 16.9 Å². The molecule has 0 amide bonds. The van der Waals surface area contributed by atoms with E-state index in [2.05, 4.69) is 4.98 Å². The van der Waals surface area contributed by atoms with E-state index in [4.69, 9.17) is 7.85 Å². The van der Waals surface area contributed by atoms with E-state index in [1.807, 2.05) is 41.1 Å². The van der Waals surface area contributed by atoms with Crippen molar-refractivity contribution in [1.29, 1.82) is 0 Å². The highest BCUT2D eigenvalue weighted by Gasteiger charge is 2.05. The van der Waals surface area contributed by atoms with Crippen molar-refractivity contribution < 1.29 is 5.11 Å². The number of hydrogen-bond acceptors (Lipinski definition) is 2. The highest BCUT2D eigenvalue weighted by atomic mass is 16.3. The van der Waals surface area contributed by atoms with Crippen LogP contribution in [0, 0.1) is 0 Å². The molecule has 80 valence electrons. The molecule has 0 spiro atoms. The lowest BCUT2D eigenvalue weighted by atomic mass is 9.98. The van der Waals surface area contributed by atoms with Gasteiger partial charge in [0.15, 0.2) is 0 Å². The number of rotatable bonds is 1. The third-order valence-electron chi connectivity index (χ3n) is 2.68. The van der Waals surface area contributed by atoms with Crippen molar-refractivity contribution >= 4 is 19.0 Å². The molecule has 1 N–H and O–H groups in total. The molecule has 3 rings (SSSR count). The van der Waals surface area contributed by atoms with Crippen molar-refractivity contribution in [2.75, 3.05) is 0 Å². The van der Waals surface area contributed by atoms with Crippen LogP contribution in [-0.2, 0) is 0 Å². The molecule has 17 heavy (non-hydrogen) atoms. The van der Waals surface area contributed by atoms with Crippen LogP contribution in [0.5, 0.6) is 5.75 Å². The third-order valence-corrected chi connectivity index (χ3v) is 2.68. The Bertz CT molecular complexity index is 673. The molecular weight excluding hydrogens is 211 g/mol. The second-order valence-electron chi connectivity index (χ2n) is 3.87. The fourth-order valence-corrected chi connectivity index (χ4v) is 1.81. The number of phenolic OH excluding ortho intramolecular Hbond substituents is 1. The van der Waals surface area contributed by atoms with Gasteiger partial charge in [-0.2, -0.15) is 0 Å². The Kier molecular flexibility index (Phi) is 2.15. The summed E-state index contributed by atoms with van der Waals surface area (Å²) in [6.45, 7) is 0. The lowest BCUT2D eigenvalue weighted by molar-refractivity contribution is 0.475. The average Bonchev–Trinajstić information content (AvgIpc) is 2.75. The molecule has 0 bridgehead atoms. The summed E-state index contributed by atoms with van der Waals surface area (Å²) in [5.41, 5.74) is 3.18. The van der Waals surface area contributed by atoms with Gasteiger partial charge in [-0.1, -0.05) is 11.5 Å². The molecule has 2 heterocycles. The predicted molar refractivity (Wildman–Crippen MR) is 67.7 cm³/mol. The fourth-order valence-electron chi connectivity index (χ4n) is 1.81. The zero-order valence-corrected chi connectivity index (χ0v) is 9.04. The predicted octanol–water partition coefficient (Wildman–Crippen LogP) is 1.50. The van der Waals surface area contributed by atoms with Crippen LogP contribution in [0.2, 0.25) is 0 Å². The Morgan fingerprint density at radius 2 is 1.88 bits per heavy atom. The standard InChI is InChI=1S/C13H9BN2O/c14-11-2-1-7-16-8-12(15-13(11)16)9-3-5-10(17)6-4-9/h1-8,17H. The quantitative estimate of drug-likeness (QED) is 0.631. The molecule has 0 fully saturated rings. The molecule has 0 saturated heterocycles. The zero-order chi connectivity index (χ0) is 11.8. The average molecular weight is 220 g/mol. The number of hydrogen-bond donors (Lipinski definition) is 1. The van der Waals surface area contributed by atoms with Crippen molar-refractivity contribution in [2.45, 2.75) is 0 Å². The van der Waals surface area contributed by atoms with Gasteiger partial charge in [0.05, 0.1) is 5.69 Å². The Labute approximate surface area is 99.8 Å². The maximum Gasteiger partial charge on any atom is 0.130 e. The molecule has 0 saturated carbocycles. The minimum atomic E-state index is 0.247. The van der Waals surface area contributed by atoms with E-state index in [-0.39, 0.29) is 5.75 Å². The summed E-state index contributed by atoms with van der Waals surface area (Å²) in [4.78, 5) is 4.47. The highest BCUT2D eigenvalue weighted by molar-refractivity contribution is 6.36. The third kappa shape index (κ3) is 1.67. The number of pyridine rings is 1. The normalized spacial score (nSPS) is 10.8. The van der Waals surface area contributed by atoms with Crippen molar-refractivity contribution in [3.8, 4) is 17.0 Å². The number of phenols is 1. The van der Waals surface area contributed by atoms with Gasteiger partial charge in [0.25, 0.3) is 0 Å². The Hall–Kier alpha value is -2.23. The summed E-state index contributed by atoms with van der Waals surface area (Å²) in [6.07, 6.45) is 3.82. The number of fused-ring (bicyclic) bond motifs is 1. The van der Waals surface area contributed by atoms with Crippen LogP contribution in [0.15, 0.2) is 48.8 Å². The number of benzene rings is 1.